The van der Waals surface area contributed by atoms with Crippen molar-refractivity contribution >= 4 is 22.5 Å². The molecule has 2 heterocycles. The van der Waals surface area contributed by atoms with Gasteiger partial charge in [-0.3, -0.25) is 14.2 Å². The van der Waals surface area contributed by atoms with Crippen LogP contribution in [0.3, 0.4) is 0 Å². The topological polar surface area (TPSA) is 74.0 Å². The lowest BCUT2D eigenvalue weighted by atomic mass is 10.2. The molecule has 7 heteroatoms. The number of carbonyl (C=O) groups excluding carboxylic acids is 1. The van der Waals surface area contributed by atoms with Crippen molar-refractivity contribution in [2.45, 2.75) is 20.4 Å². The van der Waals surface area contributed by atoms with Crippen molar-refractivity contribution < 1.29 is 9.53 Å². The molecule has 3 aromatic rings. The van der Waals surface area contributed by atoms with Gasteiger partial charge in [0.05, 0.1) is 17.5 Å². The van der Waals surface area contributed by atoms with Crippen LogP contribution < -0.4 is 10.1 Å². The summed E-state index contributed by atoms with van der Waals surface area (Å²) in [6, 6.07) is 7.34. The number of aromatic nitrogens is 4. The Kier molecular flexibility index (Phi) is 4.01. The Morgan fingerprint density at radius 3 is 2.87 bits per heavy atom. The second kappa shape index (κ2) is 6.12. The summed E-state index contributed by atoms with van der Waals surface area (Å²) in [5.74, 6) is 0.380. The van der Waals surface area contributed by atoms with Crippen LogP contribution in [0.5, 0.6) is 5.88 Å². The molecular formula is C16H19N5O2. The first-order valence-electron chi connectivity index (χ1n) is 7.56. The maximum absolute atomic E-state index is 12.4. The van der Waals surface area contributed by atoms with E-state index in [9.17, 15) is 4.79 Å². The second-order valence-electron chi connectivity index (χ2n) is 5.08. The molecule has 3 rings (SSSR count). The summed E-state index contributed by atoms with van der Waals surface area (Å²) in [6.45, 7) is 5.04. The van der Waals surface area contributed by atoms with Crippen molar-refractivity contribution in [1.82, 2.24) is 19.6 Å². The normalized spacial score (nSPS) is 10.9. The number of aryl methyl sites for hydroxylation is 2. The van der Waals surface area contributed by atoms with Crippen LogP contribution in [0.4, 0.5) is 5.69 Å². The third-order valence-electron chi connectivity index (χ3n) is 3.60. The largest absolute Gasteiger partial charge is 0.476 e. The van der Waals surface area contributed by atoms with E-state index in [4.69, 9.17) is 4.74 Å². The number of fused-ring (bicyclic) bond motifs is 1. The number of hydrogen-bond donors (Lipinski definition) is 1. The molecule has 0 unspecified atom stereocenters. The molecule has 0 saturated carbocycles. The zero-order chi connectivity index (χ0) is 16.4. The summed E-state index contributed by atoms with van der Waals surface area (Å²) in [5, 5.41) is 12.2. The molecule has 0 atom stereocenters. The minimum atomic E-state index is -0.189. The predicted octanol–water partition coefficient (Wildman–Crippen LogP) is 2.44. The maximum atomic E-state index is 12.4. The Labute approximate surface area is 133 Å². The molecule has 120 valence electrons. The average molecular weight is 313 g/mol. The Hall–Kier alpha value is -2.83. The molecule has 0 bridgehead atoms. The number of nitrogens with one attached hydrogen (secondary N) is 1. The van der Waals surface area contributed by atoms with E-state index in [2.05, 4.69) is 15.5 Å². The van der Waals surface area contributed by atoms with Crippen molar-refractivity contribution in [3.8, 4) is 5.88 Å². The highest BCUT2D eigenvalue weighted by Crippen LogP contribution is 2.27. The Balaban J connectivity index is 1.91. The standard InChI is InChI=1S/C16H19N5O2/c1-4-21-14(8-9-17-21)15(22)18-11-6-7-13-12(10-11)16(23-5-2)19-20(13)3/h6-10H,4-5H2,1-3H3,(H,18,22). The summed E-state index contributed by atoms with van der Waals surface area (Å²) in [7, 11) is 1.86. The highest BCUT2D eigenvalue weighted by Gasteiger charge is 2.14. The molecule has 0 radical (unpaired) electrons. The minimum absolute atomic E-state index is 0.189. The van der Waals surface area contributed by atoms with Gasteiger partial charge in [-0.25, -0.2) is 0 Å². The SMILES string of the molecule is CCOc1nn(C)c2ccc(NC(=O)c3ccnn3CC)cc12. The summed E-state index contributed by atoms with van der Waals surface area (Å²) < 4.78 is 8.97. The molecule has 0 saturated heterocycles. The van der Waals surface area contributed by atoms with Crippen LogP contribution >= 0.6 is 0 Å². The van der Waals surface area contributed by atoms with Gasteiger partial charge in [-0.2, -0.15) is 5.10 Å². The smallest absolute Gasteiger partial charge is 0.273 e. The van der Waals surface area contributed by atoms with Gasteiger partial charge in [0.15, 0.2) is 0 Å². The molecule has 0 aliphatic heterocycles. The van der Waals surface area contributed by atoms with Gasteiger partial charge >= 0.3 is 0 Å². The molecule has 1 aromatic carbocycles. The minimum Gasteiger partial charge on any atom is -0.476 e. The van der Waals surface area contributed by atoms with Crippen LogP contribution in [0.25, 0.3) is 10.9 Å². The summed E-state index contributed by atoms with van der Waals surface area (Å²) in [6.07, 6.45) is 1.62. The lowest BCUT2D eigenvalue weighted by molar-refractivity contribution is 0.101. The third kappa shape index (κ3) is 2.77. The molecule has 2 aromatic heterocycles. The van der Waals surface area contributed by atoms with Gasteiger partial charge in [0.2, 0.25) is 5.88 Å². The number of ether oxygens (including phenoxy) is 1. The van der Waals surface area contributed by atoms with Crippen molar-refractivity contribution in [1.29, 1.82) is 0 Å². The Morgan fingerprint density at radius 1 is 1.30 bits per heavy atom. The number of benzene rings is 1. The summed E-state index contributed by atoms with van der Waals surface area (Å²) in [5.41, 5.74) is 2.18. The number of amides is 1. The van der Waals surface area contributed by atoms with Gasteiger partial charge in [-0.15, -0.1) is 5.10 Å². The molecule has 0 spiro atoms. The zero-order valence-corrected chi connectivity index (χ0v) is 13.4. The van der Waals surface area contributed by atoms with E-state index in [0.717, 1.165) is 10.9 Å². The van der Waals surface area contributed by atoms with Crippen LogP contribution in [0.1, 0.15) is 24.3 Å². The third-order valence-corrected chi connectivity index (χ3v) is 3.60. The number of nitrogens with zero attached hydrogens (tertiary/aromatic N) is 4. The van der Waals surface area contributed by atoms with Crippen LogP contribution in [0.2, 0.25) is 0 Å². The lowest BCUT2D eigenvalue weighted by Crippen LogP contribution is -2.17. The first-order valence-corrected chi connectivity index (χ1v) is 7.56. The summed E-state index contributed by atoms with van der Waals surface area (Å²) >= 11 is 0. The van der Waals surface area contributed by atoms with Gasteiger partial charge in [0.25, 0.3) is 5.91 Å². The Bertz CT molecular complexity index is 849. The molecule has 0 fully saturated rings. The molecule has 0 aliphatic rings. The van der Waals surface area contributed by atoms with Crippen molar-refractivity contribution in [2.24, 2.45) is 7.05 Å². The van der Waals surface area contributed by atoms with Crippen LogP contribution in [0, 0.1) is 0 Å². The Morgan fingerprint density at radius 2 is 2.13 bits per heavy atom. The van der Waals surface area contributed by atoms with Crippen LogP contribution in [-0.2, 0) is 13.6 Å². The number of hydrogen-bond acceptors (Lipinski definition) is 4. The maximum Gasteiger partial charge on any atom is 0.273 e. The lowest BCUT2D eigenvalue weighted by Gasteiger charge is -2.07. The highest BCUT2D eigenvalue weighted by atomic mass is 16.5. The monoisotopic (exact) mass is 313 g/mol. The van der Waals surface area contributed by atoms with Gasteiger partial charge in [0, 0.05) is 25.5 Å². The number of rotatable bonds is 5. The molecular weight excluding hydrogens is 294 g/mol. The van der Waals surface area contributed by atoms with E-state index in [0.29, 0.717) is 30.4 Å². The van der Waals surface area contributed by atoms with Crippen molar-refractivity contribution in [2.75, 3.05) is 11.9 Å². The fraction of sp³-hybridized carbons (Fsp3) is 0.312. The summed E-state index contributed by atoms with van der Waals surface area (Å²) in [4.78, 5) is 12.4. The molecule has 0 aliphatic carbocycles. The van der Waals surface area contributed by atoms with E-state index in [1.807, 2.05) is 39.1 Å². The van der Waals surface area contributed by atoms with E-state index >= 15 is 0 Å². The fourth-order valence-electron chi connectivity index (χ4n) is 2.53. The average Bonchev–Trinajstić information content (AvgIpc) is 3.13. The van der Waals surface area contributed by atoms with E-state index < -0.39 is 0 Å². The van der Waals surface area contributed by atoms with Gasteiger partial charge in [-0.05, 0) is 38.1 Å². The zero-order valence-electron chi connectivity index (χ0n) is 13.4. The first-order chi connectivity index (χ1) is 11.1. The highest BCUT2D eigenvalue weighted by molar-refractivity contribution is 6.04. The molecule has 1 amide bonds. The van der Waals surface area contributed by atoms with Gasteiger partial charge in [0.1, 0.15) is 5.69 Å². The fourth-order valence-corrected chi connectivity index (χ4v) is 2.53. The predicted molar refractivity (Wildman–Crippen MR) is 87.7 cm³/mol. The van der Waals surface area contributed by atoms with Gasteiger partial charge < -0.3 is 10.1 Å². The molecule has 23 heavy (non-hydrogen) atoms. The second-order valence-corrected chi connectivity index (χ2v) is 5.08. The van der Waals surface area contributed by atoms with Crippen LogP contribution in [0.15, 0.2) is 30.5 Å². The first kappa shape index (κ1) is 15.1. The van der Waals surface area contributed by atoms with Crippen molar-refractivity contribution in [3.63, 3.8) is 0 Å². The van der Waals surface area contributed by atoms with E-state index in [1.54, 1.807) is 21.6 Å². The van der Waals surface area contributed by atoms with Crippen molar-refractivity contribution in [3.05, 3.63) is 36.2 Å². The van der Waals surface area contributed by atoms with Gasteiger partial charge in [-0.1, -0.05) is 0 Å². The number of carbonyl (C=O) groups is 1. The van der Waals surface area contributed by atoms with E-state index in [-0.39, 0.29) is 5.91 Å². The van der Waals surface area contributed by atoms with E-state index in [1.165, 1.54) is 0 Å². The number of anilines is 1. The quantitative estimate of drug-likeness (QED) is 0.785. The molecule has 1 N–H and O–H groups in total. The molecule has 7 nitrogen and oxygen atoms in total. The van der Waals surface area contributed by atoms with Crippen LogP contribution in [-0.4, -0.2) is 32.1 Å².